The molecule has 0 saturated carbocycles. The van der Waals surface area contributed by atoms with Crippen LogP contribution in [0.15, 0.2) is 30.3 Å². The van der Waals surface area contributed by atoms with Crippen LogP contribution in [-0.2, 0) is 11.3 Å². The lowest BCUT2D eigenvalue weighted by Gasteiger charge is -2.11. The van der Waals surface area contributed by atoms with Gasteiger partial charge in [0.25, 0.3) is 0 Å². The van der Waals surface area contributed by atoms with E-state index < -0.39 is 0 Å². The summed E-state index contributed by atoms with van der Waals surface area (Å²) >= 11 is 1.58. The predicted octanol–water partition coefficient (Wildman–Crippen LogP) is 1.99. The highest BCUT2D eigenvalue weighted by atomic mass is 32.1. The van der Waals surface area contributed by atoms with Gasteiger partial charge in [-0.15, -0.1) is 10.2 Å². The number of benzene rings is 1. The summed E-state index contributed by atoms with van der Waals surface area (Å²) in [6.07, 6.45) is -0.126. The van der Waals surface area contributed by atoms with Crippen LogP contribution in [0.1, 0.15) is 21.7 Å². The van der Waals surface area contributed by atoms with Crippen molar-refractivity contribution in [1.82, 2.24) is 15.5 Å². The molecule has 1 heterocycles. The summed E-state index contributed by atoms with van der Waals surface area (Å²) in [7, 11) is 3.59. The third-order valence-corrected chi connectivity index (χ3v) is 3.34. The van der Waals surface area contributed by atoms with E-state index in [-0.39, 0.29) is 6.10 Å². The van der Waals surface area contributed by atoms with Gasteiger partial charge in [0.1, 0.15) is 11.1 Å². The van der Waals surface area contributed by atoms with Crippen LogP contribution < -0.4 is 5.32 Å². The van der Waals surface area contributed by atoms with Crippen molar-refractivity contribution in [3.8, 4) is 0 Å². The van der Waals surface area contributed by atoms with Crippen LogP contribution >= 0.6 is 11.3 Å². The molecule has 1 N–H and O–H groups in total. The van der Waals surface area contributed by atoms with Crippen LogP contribution in [0.2, 0.25) is 0 Å². The van der Waals surface area contributed by atoms with Crippen LogP contribution in [-0.4, -0.2) is 24.4 Å². The Balaban J connectivity index is 2.23. The molecule has 0 radical (unpaired) electrons. The molecule has 1 aromatic heterocycles. The van der Waals surface area contributed by atoms with E-state index in [0.29, 0.717) is 0 Å². The molecule has 5 heteroatoms. The maximum Gasteiger partial charge on any atom is 0.151 e. The van der Waals surface area contributed by atoms with E-state index in [9.17, 15) is 0 Å². The van der Waals surface area contributed by atoms with Crippen molar-refractivity contribution in [1.29, 1.82) is 0 Å². The van der Waals surface area contributed by atoms with E-state index in [2.05, 4.69) is 15.5 Å². The topological polar surface area (TPSA) is 47.0 Å². The van der Waals surface area contributed by atoms with Crippen LogP contribution in [0.3, 0.4) is 0 Å². The molecule has 17 heavy (non-hydrogen) atoms. The Labute approximate surface area is 105 Å². The monoisotopic (exact) mass is 249 g/mol. The highest BCUT2D eigenvalue weighted by Gasteiger charge is 2.17. The average Bonchev–Trinajstić information content (AvgIpc) is 2.81. The Morgan fingerprint density at radius 1 is 1.29 bits per heavy atom. The number of nitrogens with one attached hydrogen (secondary N) is 1. The first-order valence-electron chi connectivity index (χ1n) is 5.39. The smallest absolute Gasteiger partial charge is 0.151 e. The fourth-order valence-corrected chi connectivity index (χ4v) is 2.56. The second-order valence-electron chi connectivity index (χ2n) is 3.59. The molecule has 1 unspecified atom stereocenters. The van der Waals surface area contributed by atoms with Crippen molar-refractivity contribution in [3.05, 3.63) is 45.9 Å². The zero-order valence-corrected chi connectivity index (χ0v) is 10.7. The molecule has 0 fully saturated rings. The summed E-state index contributed by atoms with van der Waals surface area (Å²) in [5.74, 6) is 0. The van der Waals surface area contributed by atoms with Crippen molar-refractivity contribution < 1.29 is 4.74 Å². The van der Waals surface area contributed by atoms with Gasteiger partial charge in [0, 0.05) is 13.7 Å². The molecule has 0 aliphatic carbocycles. The molecule has 0 aliphatic rings. The second-order valence-corrected chi connectivity index (χ2v) is 4.68. The first kappa shape index (κ1) is 12.2. The molecule has 0 spiro atoms. The Morgan fingerprint density at radius 3 is 2.71 bits per heavy atom. The van der Waals surface area contributed by atoms with Crippen molar-refractivity contribution in [3.63, 3.8) is 0 Å². The van der Waals surface area contributed by atoms with Gasteiger partial charge in [0.2, 0.25) is 0 Å². The lowest BCUT2D eigenvalue weighted by Crippen LogP contribution is -2.04. The molecular formula is C12H15N3OS. The lowest BCUT2D eigenvalue weighted by atomic mass is 10.1. The van der Waals surface area contributed by atoms with E-state index in [1.165, 1.54) is 0 Å². The third-order valence-electron chi connectivity index (χ3n) is 2.37. The van der Waals surface area contributed by atoms with Gasteiger partial charge in [-0.25, -0.2) is 0 Å². The summed E-state index contributed by atoms with van der Waals surface area (Å²) in [5.41, 5.74) is 1.10. The summed E-state index contributed by atoms with van der Waals surface area (Å²) in [4.78, 5) is 0. The third kappa shape index (κ3) is 2.88. The van der Waals surface area contributed by atoms with Gasteiger partial charge in [-0.1, -0.05) is 41.7 Å². The highest BCUT2D eigenvalue weighted by Crippen LogP contribution is 2.27. The van der Waals surface area contributed by atoms with Crippen LogP contribution in [0.4, 0.5) is 0 Å². The number of methoxy groups -OCH3 is 1. The number of nitrogens with zero attached hydrogens (tertiary/aromatic N) is 2. The maximum absolute atomic E-state index is 5.50. The van der Waals surface area contributed by atoms with Crippen molar-refractivity contribution >= 4 is 11.3 Å². The van der Waals surface area contributed by atoms with Gasteiger partial charge < -0.3 is 10.1 Å². The van der Waals surface area contributed by atoms with Crippen molar-refractivity contribution in [2.45, 2.75) is 12.6 Å². The molecule has 90 valence electrons. The number of hydrogen-bond acceptors (Lipinski definition) is 5. The van der Waals surface area contributed by atoms with Crippen molar-refractivity contribution in [2.75, 3.05) is 14.2 Å². The van der Waals surface area contributed by atoms with E-state index >= 15 is 0 Å². The lowest BCUT2D eigenvalue weighted by molar-refractivity contribution is 0.135. The minimum Gasteiger partial charge on any atom is -0.369 e. The zero-order valence-electron chi connectivity index (χ0n) is 9.88. The molecule has 2 rings (SSSR count). The van der Waals surface area contributed by atoms with Crippen molar-refractivity contribution in [2.24, 2.45) is 0 Å². The standard InChI is InChI=1S/C12H15N3OS/c1-13-8-10-14-15-12(17-10)11(16-2)9-6-4-3-5-7-9/h3-7,11,13H,8H2,1-2H3. The fourth-order valence-electron chi connectivity index (χ4n) is 1.60. The fraction of sp³-hybridized carbons (Fsp3) is 0.333. The van der Waals surface area contributed by atoms with E-state index in [4.69, 9.17) is 4.74 Å². The Morgan fingerprint density at radius 2 is 2.06 bits per heavy atom. The van der Waals surface area contributed by atoms with Gasteiger partial charge in [-0.2, -0.15) is 0 Å². The minimum absolute atomic E-state index is 0.126. The number of aromatic nitrogens is 2. The molecule has 0 aliphatic heterocycles. The Hall–Kier alpha value is -1.30. The molecule has 1 atom stereocenters. The molecular weight excluding hydrogens is 234 g/mol. The van der Waals surface area contributed by atoms with Crippen LogP contribution in [0.25, 0.3) is 0 Å². The molecule has 0 saturated heterocycles. The summed E-state index contributed by atoms with van der Waals surface area (Å²) < 4.78 is 5.50. The Kier molecular flexibility index (Phi) is 4.19. The van der Waals surface area contributed by atoms with Gasteiger partial charge in [-0.3, -0.25) is 0 Å². The number of rotatable bonds is 5. The van der Waals surface area contributed by atoms with Gasteiger partial charge in [0.05, 0.1) is 0 Å². The first-order chi connectivity index (χ1) is 8.35. The summed E-state index contributed by atoms with van der Waals surface area (Å²) in [5, 5.41) is 13.2. The largest absolute Gasteiger partial charge is 0.369 e. The number of ether oxygens (including phenoxy) is 1. The molecule has 0 amide bonds. The van der Waals surface area contributed by atoms with Crippen LogP contribution in [0, 0.1) is 0 Å². The summed E-state index contributed by atoms with van der Waals surface area (Å²) in [6.45, 7) is 0.739. The predicted molar refractivity (Wildman–Crippen MR) is 68.0 cm³/mol. The zero-order chi connectivity index (χ0) is 12.1. The van der Waals surface area contributed by atoms with Gasteiger partial charge in [0.15, 0.2) is 5.01 Å². The number of hydrogen-bond donors (Lipinski definition) is 1. The average molecular weight is 249 g/mol. The van der Waals surface area contributed by atoms with Gasteiger partial charge in [-0.05, 0) is 12.6 Å². The minimum atomic E-state index is -0.126. The first-order valence-corrected chi connectivity index (χ1v) is 6.21. The van der Waals surface area contributed by atoms with Crippen LogP contribution in [0.5, 0.6) is 0 Å². The molecule has 1 aromatic carbocycles. The molecule has 4 nitrogen and oxygen atoms in total. The van der Waals surface area contributed by atoms with E-state index in [1.54, 1.807) is 18.4 Å². The quantitative estimate of drug-likeness (QED) is 0.880. The SMILES string of the molecule is CNCc1nnc(C(OC)c2ccccc2)s1. The molecule has 2 aromatic rings. The highest BCUT2D eigenvalue weighted by molar-refractivity contribution is 7.11. The maximum atomic E-state index is 5.50. The molecule has 0 bridgehead atoms. The van der Waals surface area contributed by atoms with E-state index in [0.717, 1.165) is 22.1 Å². The normalized spacial score (nSPS) is 12.6. The summed E-state index contributed by atoms with van der Waals surface area (Å²) in [6, 6.07) is 10.1. The van der Waals surface area contributed by atoms with E-state index in [1.807, 2.05) is 37.4 Å². The second kappa shape index (κ2) is 5.86. The van der Waals surface area contributed by atoms with Gasteiger partial charge >= 0.3 is 0 Å². The Bertz CT molecular complexity index is 458.